The number of nitrogens with zero attached hydrogens (tertiary/aromatic N) is 2. The molecule has 6 nitrogen and oxygen atoms in total. The van der Waals surface area contributed by atoms with E-state index >= 15 is 0 Å². The number of likely N-dealkylation sites (N-methyl/N-ethyl adjacent to an activating group) is 2. The van der Waals surface area contributed by atoms with Gasteiger partial charge in [-0.25, -0.2) is 4.99 Å². The molecule has 35 heavy (non-hydrogen) atoms. The Kier molecular flexibility index (Phi) is 8.90. The quantitative estimate of drug-likeness (QED) is 0.381. The van der Waals surface area contributed by atoms with Crippen LogP contribution in [0.1, 0.15) is 11.1 Å². The maximum atomic E-state index is 5.92. The molecule has 1 N–H and O–H groups in total. The Morgan fingerprint density at radius 2 is 1.66 bits per heavy atom. The lowest BCUT2D eigenvalue weighted by molar-refractivity contribution is 0.0521. The fourth-order valence-electron chi connectivity index (χ4n) is 3.91. The van der Waals surface area contributed by atoms with Gasteiger partial charge in [0, 0.05) is 25.8 Å². The Bertz CT molecular complexity index is 1130. The number of benzene rings is 3. The maximum absolute atomic E-state index is 5.92. The van der Waals surface area contributed by atoms with E-state index in [1.54, 1.807) is 0 Å². The van der Waals surface area contributed by atoms with E-state index in [4.69, 9.17) is 19.2 Å². The molecule has 0 aromatic heterocycles. The van der Waals surface area contributed by atoms with Crippen molar-refractivity contribution in [3.05, 3.63) is 77.9 Å². The first-order valence-electron chi connectivity index (χ1n) is 12.2. The standard InChI is InChI=1S/C29H35N3O3/c1-22-7-12-29-27(19-22)31-28(21-35-29)24-10-8-23(9-11-24)25-5-4-6-26(20-25)32(3)14-16-34-18-17-33-15-13-30-2/h4-12,19-20,30H,13-18,21H2,1-3H3. The minimum Gasteiger partial charge on any atom is -0.485 e. The number of fused-ring (bicyclic) bond motifs is 1. The first-order valence-corrected chi connectivity index (χ1v) is 12.2. The van der Waals surface area contributed by atoms with E-state index in [0.29, 0.717) is 33.0 Å². The summed E-state index contributed by atoms with van der Waals surface area (Å²) in [5.74, 6) is 0.847. The van der Waals surface area contributed by atoms with Crippen LogP contribution >= 0.6 is 0 Å². The molecule has 0 amide bonds. The van der Waals surface area contributed by atoms with Gasteiger partial charge in [0.05, 0.1) is 32.1 Å². The Labute approximate surface area is 208 Å². The van der Waals surface area contributed by atoms with Crippen LogP contribution in [0.25, 0.3) is 11.1 Å². The zero-order valence-electron chi connectivity index (χ0n) is 20.9. The van der Waals surface area contributed by atoms with E-state index in [1.807, 2.05) is 13.1 Å². The highest BCUT2D eigenvalue weighted by Crippen LogP contribution is 2.33. The number of anilines is 1. The molecule has 0 unspecified atom stereocenters. The minimum atomic E-state index is 0.486. The van der Waals surface area contributed by atoms with Crippen molar-refractivity contribution in [1.82, 2.24) is 5.32 Å². The average molecular weight is 474 g/mol. The van der Waals surface area contributed by atoms with Crippen LogP contribution in [-0.2, 0) is 9.47 Å². The molecule has 0 fully saturated rings. The van der Waals surface area contributed by atoms with Crippen LogP contribution in [0.4, 0.5) is 11.4 Å². The third-order valence-electron chi connectivity index (χ3n) is 6.01. The molecule has 0 saturated carbocycles. The third-order valence-corrected chi connectivity index (χ3v) is 6.01. The summed E-state index contributed by atoms with van der Waals surface area (Å²) >= 11 is 0. The van der Waals surface area contributed by atoms with Crippen molar-refractivity contribution in [1.29, 1.82) is 0 Å². The molecule has 0 spiro atoms. The first-order chi connectivity index (χ1) is 17.1. The number of hydrogen-bond donors (Lipinski definition) is 1. The van der Waals surface area contributed by atoms with Gasteiger partial charge in [0.1, 0.15) is 18.0 Å². The van der Waals surface area contributed by atoms with Gasteiger partial charge in [-0.15, -0.1) is 0 Å². The lowest BCUT2D eigenvalue weighted by Crippen LogP contribution is -2.23. The minimum absolute atomic E-state index is 0.486. The monoisotopic (exact) mass is 473 g/mol. The van der Waals surface area contributed by atoms with Gasteiger partial charge in [0.2, 0.25) is 0 Å². The van der Waals surface area contributed by atoms with E-state index in [2.05, 4.69) is 84.9 Å². The summed E-state index contributed by atoms with van der Waals surface area (Å²) in [6.45, 7) is 6.85. The van der Waals surface area contributed by atoms with Crippen LogP contribution in [0.2, 0.25) is 0 Å². The zero-order valence-corrected chi connectivity index (χ0v) is 20.9. The summed E-state index contributed by atoms with van der Waals surface area (Å²) in [7, 11) is 4.01. The SMILES string of the molecule is CNCCOCCOCCN(C)c1cccc(-c2ccc(C3=Nc4cc(C)ccc4OC3)cc2)c1. The van der Waals surface area contributed by atoms with Crippen LogP contribution in [0.15, 0.2) is 71.7 Å². The van der Waals surface area contributed by atoms with Crippen molar-refractivity contribution in [3.63, 3.8) is 0 Å². The fourth-order valence-corrected chi connectivity index (χ4v) is 3.91. The second-order valence-electron chi connectivity index (χ2n) is 8.70. The molecule has 4 rings (SSSR count). The molecule has 0 atom stereocenters. The van der Waals surface area contributed by atoms with Gasteiger partial charge in [-0.1, -0.05) is 42.5 Å². The smallest absolute Gasteiger partial charge is 0.145 e. The van der Waals surface area contributed by atoms with Crippen molar-refractivity contribution in [3.8, 4) is 16.9 Å². The van der Waals surface area contributed by atoms with Crippen LogP contribution < -0.4 is 15.0 Å². The van der Waals surface area contributed by atoms with Gasteiger partial charge in [-0.3, -0.25) is 0 Å². The van der Waals surface area contributed by atoms with Gasteiger partial charge in [-0.2, -0.15) is 0 Å². The number of ether oxygens (including phenoxy) is 3. The van der Waals surface area contributed by atoms with Gasteiger partial charge < -0.3 is 24.4 Å². The van der Waals surface area contributed by atoms with Gasteiger partial charge in [0.25, 0.3) is 0 Å². The van der Waals surface area contributed by atoms with E-state index < -0.39 is 0 Å². The van der Waals surface area contributed by atoms with E-state index in [1.165, 1.54) is 16.7 Å². The molecule has 0 radical (unpaired) electrons. The molecule has 6 heteroatoms. The predicted octanol–water partition coefficient (Wildman–Crippen LogP) is 4.86. The highest BCUT2D eigenvalue weighted by atomic mass is 16.5. The normalized spacial score (nSPS) is 12.6. The number of hydrogen-bond acceptors (Lipinski definition) is 6. The van der Waals surface area contributed by atoms with Crippen LogP contribution in [-0.4, -0.2) is 65.9 Å². The Morgan fingerprint density at radius 1 is 0.886 bits per heavy atom. The number of aliphatic imine (C=N–C) groups is 1. The largest absolute Gasteiger partial charge is 0.485 e. The average Bonchev–Trinajstić information content (AvgIpc) is 2.90. The van der Waals surface area contributed by atoms with Crippen molar-refractivity contribution in [2.24, 2.45) is 4.99 Å². The van der Waals surface area contributed by atoms with Crippen molar-refractivity contribution in [2.45, 2.75) is 6.92 Å². The number of nitrogens with one attached hydrogen (secondary N) is 1. The van der Waals surface area contributed by atoms with E-state index in [0.717, 1.165) is 41.5 Å². The third kappa shape index (κ3) is 6.92. The molecule has 0 saturated heterocycles. The van der Waals surface area contributed by atoms with Crippen LogP contribution in [0.3, 0.4) is 0 Å². The van der Waals surface area contributed by atoms with Crippen molar-refractivity contribution < 1.29 is 14.2 Å². The molecule has 3 aromatic carbocycles. The summed E-state index contributed by atoms with van der Waals surface area (Å²) < 4.78 is 17.1. The Morgan fingerprint density at radius 3 is 2.46 bits per heavy atom. The summed E-state index contributed by atoms with van der Waals surface area (Å²) in [5, 5.41) is 3.06. The Balaban J connectivity index is 1.34. The predicted molar refractivity (Wildman–Crippen MR) is 144 cm³/mol. The number of aryl methyl sites for hydroxylation is 1. The van der Waals surface area contributed by atoms with Crippen molar-refractivity contribution in [2.75, 3.05) is 65.1 Å². The molecule has 0 bridgehead atoms. The molecular weight excluding hydrogens is 438 g/mol. The van der Waals surface area contributed by atoms with Crippen LogP contribution in [0, 0.1) is 6.92 Å². The van der Waals surface area contributed by atoms with E-state index in [-0.39, 0.29) is 0 Å². The highest BCUT2D eigenvalue weighted by molar-refractivity contribution is 6.04. The van der Waals surface area contributed by atoms with Gasteiger partial charge in [0.15, 0.2) is 0 Å². The topological polar surface area (TPSA) is 55.3 Å². The lowest BCUT2D eigenvalue weighted by Gasteiger charge is -2.20. The lowest BCUT2D eigenvalue weighted by atomic mass is 10.0. The fraction of sp³-hybridized carbons (Fsp3) is 0.345. The number of rotatable bonds is 12. The van der Waals surface area contributed by atoms with Crippen molar-refractivity contribution >= 4 is 17.1 Å². The summed E-state index contributed by atoms with van der Waals surface area (Å²) in [4.78, 5) is 7.05. The summed E-state index contributed by atoms with van der Waals surface area (Å²) in [6, 6.07) is 23.3. The maximum Gasteiger partial charge on any atom is 0.145 e. The second-order valence-corrected chi connectivity index (χ2v) is 8.70. The summed E-state index contributed by atoms with van der Waals surface area (Å²) in [6.07, 6.45) is 0. The molecular formula is C29H35N3O3. The molecule has 184 valence electrons. The molecule has 1 heterocycles. The van der Waals surface area contributed by atoms with Gasteiger partial charge >= 0.3 is 0 Å². The molecule has 1 aliphatic heterocycles. The van der Waals surface area contributed by atoms with Gasteiger partial charge in [-0.05, 0) is 60.5 Å². The Hall–Kier alpha value is -3.19. The van der Waals surface area contributed by atoms with E-state index in [9.17, 15) is 0 Å². The highest BCUT2D eigenvalue weighted by Gasteiger charge is 2.15. The zero-order chi connectivity index (χ0) is 24.5. The van der Waals surface area contributed by atoms with Crippen LogP contribution in [0.5, 0.6) is 5.75 Å². The summed E-state index contributed by atoms with van der Waals surface area (Å²) in [5.41, 5.74) is 7.64. The first kappa shape index (κ1) is 24.9. The second kappa shape index (κ2) is 12.5. The molecule has 0 aliphatic carbocycles. The molecule has 1 aliphatic rings. The molecule has 3 aromatic rings.